The van der Waals surface area contributed by atoms with E-state index < -0.39 is 0 Å². The van der Waals surface area contributed by atoms with Gasteiger partial charge in [-0.1, -0.05) is 6.92 Å². The van der Waals surface area contributed by atoms with Crippen molar-refractivity contribution in [1.82, 2.24) is 20.4 Å². The van der Waals surface area contributed by atoms with E-state index in [-0.39, 0.29) is 11.3 Å². The molecule has 0 aliphatic carbocycles. The van der Waals surface area contributed by atoms with Gasteiger partial charge in [0.15, 0.2) is 5.69 Å². The minimum Gasteiger partial charge on any atom is -0.382 e. The Labute approximate surface area is 113 Å². The van der Waals surface area contributed by atoms with Gasteiger partial charge in [-0.2, -0.15) is 0 Å². The predicted octanol–water partition coefficient (Wildman–Crippen LogP) is 0.521. The van der Waals surface area contributed by atoms with Crippen LogP contribution in [0.15, 0.2) is 12.1 Å². The largest absolute Gasteiger partial charge is 0.382 e. The maximum atomic E-state index is 11.9. The first-order valence-electron chi connectivity index (χ1n) is 6.54. The van der Waals surface area contributed by atoms with Crippen LogP contribution in [-0.4, -0.2) is 47.7 Å². The van der Waals surface area contributed by atoms with E-state index in [0.717, 1.165) is 25.9 Å². The van der Waals surface area contributed by atoms with Crippen molar-refractivity contribution in [3.8, 4) is 0 Å². The summed E-state index contributed by atoms with van der Waals surface area (Å²) in [7, 11) is 2.13. The quantitative estimate of drug-likeness (QED) is 0.830. The Balaban J connectivity index is 1.88. The lowest BCUT2D eigenvalue weighted by atomic mass is 9.80. The Hall–Kier alpha value is -1.69. The molecular formula is C13H21N5O. The third kappa shape index (κ3) is 3.64. The van der Waals surface area contributed by atoms with Crippen LogP contribution in [0.25, 0.3) is 0 Å². The minimum atomic E-state index is -0.187. The number of amides is 1. The molecule has 104 valence electrons. The van der Waals surface area contributed by atoms with Crippen LogP contribution in [-0.2, 0) is 0 Å². The third-order valence-corrected chi connectivity index (χ3v) is 3.79. The summed E-state index contributed by atoms with van der Waals surface area (Å²) in [6.07, 6.45) is 2.19. The summed E-state index contributed by atoms with van der Waals surface area (Å²) in [5.74, 6) is 0.131. The van der Waals surface area contributed by atoms with Gasteiger partial charge in [0.25, 0.3) is 5.91 Å². The van der Waals surface area contributed by atoms with Gasteiger partial charge in [0.2, 0.25) is 0 Å². The van der Waals surface area contributed by atoms with Gasteiger partial charge in [0.1, 0.15) is 5.82 Å². The average Bonchev–Trinajstić information content (AvgIpc) is 2.41. The van der Waals surface area contributed by atoms with Gasteiger partial charge in [-0.15, -0.1) is 10.2 Å². The van der Waals surface area contributed by atoms with E-state index in [0.29, 0.717) is 18.1 Å². The molecule has 2 heterocycles. The second-order valence-electron chi connectivity index (χ2n) is 5.64. The van der Waals surface area contributed by atoms with Gasteiger partial charge < -0.3 is 16.0 Å². The van der Waals surface area contributed by atoms with Crippen molar-refractivity contribution in [3.05, 3.63) is 17.8 Å². The highest BCUT2D eigenvalue weighted by molar-refractivity contribution is 5.92. The van der Waals surface area contributed by atoms with Gasteiger partial charge in [0.05, 0.1) is 0 Å². The number of nitrogens with two attached hydrogens (primary N) is 1. The molecule has 0 spiro atoms. The van der Waals surface area contributed by atoms with Crippen LogP contribution >= 0.6 is 0 Å². The number of carbonyl (C=O) groups excluding carboxylic acids is 1. The number of nitrogen functional groups attached to an aromatic ring is 1. The van der Waals surface area contributed by atoms with Crippen LogP contribution < -0.4 is 11.1 Å². The number of carbonyl (C=O) groups is 1. The van der Waals surface area contributed by atoms with E-state index in [1.807, 2.05) is 0 Å². The molecule has 0 aromatic carbocycles. The number of hydrogen-bond donors (Lipinski definition) is 2. The van der Waals surface area contributed by atoms with E-state index in [2.05, 4.69) is 34.4 Å². The fourth-order valence-electron chi connectivity index (χ4n) is 2.18. The Kier molecular flexibility index (Phi) is 3.99. The first-order chi connectivity index (χ1) is 8.98. The molecule has 1 aliphatic rings. The summed E-state index contributed by atoms with van der Waals surface area (Å²) in [5.41, 5.74) is 5.92. The molecule has 19 heavy (non-hydrogen) atoms. The van der Waals surface area contributed by atoms with Gasteiger partial charge in [-0.05, 0) is 50.5 Å². The Bertz CT molecular complexity index is 437. The van der Waals surface area contributed by atoms with Crippen molar-refractivity contribution >= 4 is 11.7 Å². The lowest BCUT2D eigenvalue weighted by Crippen LogP contribution is -2.43. The molecule has 6 heteroatoms. The molecule has 1 aromatic heterocycles. The van der Waals surface area contributed by atoms with Crippen molar-refractivity contribution in [1.29, 1.82) is 0 Å². The Morgan fingerprint density at radius 3 is 2.68 bits per heavy atom. The molecular weight excluding hydrogens is 242 g/mol. The van der Waals surface area contributed by atoms with Gasteiger partial charge in [-0.3, -0.25) is 4.79 Å². The zero-order valence-corrected chi connectivity index (χ0v) is 11.5. The number of rotatable bonds is 3. The zero-order chi connectivity index (χ0) is 13.9. The average molecular weight is 263 g/mol. The van der Waals surface area contributed by atoms with Crippen molar-refractivity contribution < 1.29 is 4.79 Å². The summed E-state index contributed by atoms with van der Waals surface area (Å²) in [4.78, 5) is 14.3. The van der Waals surface area contributed by atoms with Crippen molar-refractivity contribution in [2.24, 2.45) is 5.41 Å². The minimum absolute atomic E-state index is 0.170. The first kappa shape index (κ1) is 13.7. The summed E-state index contributed by atoms with van der Waals surface area (Å²) in [5, 5.41) is 10.4. The lowest BCUT2D eigenvalue weighted by molar-refractivity contribution is 0.0886. The zero-order valence-electron chi connectivity index (χ0n) is 11.5. The predicted molar refractivity (Wildman–Crippen MR) is 73.6 cm³/mol. The van der Waals surface area contributed by atoms with E-state index in [1.54, 1.807) is 12.1 Å². The number of likely N-dealkylation sites (tertiary alicyclic amines) is 1. The highest BCUT2D eigenvalue weighted by Crippen LogP contribution is 2.29. The number of nitrogens with one attached hydrogen (secondary N) is 1. The third-order valence-electron chi connectivity index (χ3n) is 3.79. The van der Waals surface area contributed by atoms with E-state index >= 15 is 0 Å². The molecule has 1 fully saturated rings. The summed E-state index contributed by atoms with van der Waals surface area (Å²) < 4.78 is 0. The van der Waals surface area contributed by atoms with Gasteiger partial charge in [-0.25, -0.2) is 0 Å². The van der Waals surface area contributed by atoms with Crippen LogP contribution in [0.3, 0.4) is 0 Å². The molecule has 1 saturated heterocycles. The summed E-state index contributed by atoms with van der Waals surface area (Å²) in [6, 6.07) is 3.17. The van der Waals surface area contributed by atoms with Gasteiger partial charge >= 0.3 is 0 Å². The number of nitrogens with zero attached hydrogens (tertiary/aromatic N) is 3. The highest BCUT2D eigenvalue weighted by atomic mass is 16.1. The smallest absolute Gasteiger partial charge is 0.271 e. The summed E-state index contributed by atoms with van der Waals surface area (Å²) in [6.45, 7) is 5.04. The molecule has 0 atom stereocenters. The molecule has 0 unspecified atom stereocenters. The number of anilines is 1. The maximum absolute atomic E-state index is 11.9. The second-order valence-corrected chi connectivity index (χ2v) is 5.64. The first-order valence-corrected chi connectivity index (χ1v) is 6.54. The Morgan fingerprint density at radius 1 is 1.42 bits per heavy atom. The fraction of sp³-hybridized carbons (Fsp3) is 0.615. The van der Waals surface area contributed by atoms with Crippen LogP contribution in [0.1, 0.15) is 30.3 Å². The van der Waals surface area contributed by atoms with Crippen molar-refractivity contribution in [3.63, 3.8) is 0 Å². The van der Waals surface area contributed by atoms with Crippen LogP contribution in [0.4, 0.5) is 5.82 Å². The summed E-state index contributed by atoms with van der Waals surface area (Å²) >= 11 is 0. The number of aromatic nitrogens is 2. The number of hydrogen-bond acceptors (Lipinski definition) is 5. The second kappa shape index (κ2) is 5.52. The molecule has 3 N–H and O–H groups in total. The van der Waals surface area contributed by atoms with E-state index in [1.165, 1.54) is 0 Å². The molecule has 0 bridgehead atoms. The molecule has 0 saturated carbocycles. The molecule has 1 amide bonds. The lowest BCUT2D eigenvalue weighted by Gasteiger charge is -2.37. The van der Waals surface area contributed by atoms with Crippen LogP contribution in [0.2, 0.25) is 0 Å². The standard InChI is InChI=1S/C13H21N5O/c1-13(5-7-18(2)8-6-13)9-15-12(19)10-3-4-11(14)17-16-10/h3-4H,5-9H2,1-2H3,(H2,14,17)(H,15,19). The van der Waals surface area contributed by atoms with E-state index in [4.69, 9.17) is 5.73 Å². The molecule has 2 rings (SSSR count). The number of piperidine rings is 1. The molecule has 0 radical (unpaired) electrons. The SMILES string of the molecule is CN1CCC(C)(CNC(=O)c2ccc(N)nn2)CC1. The monoisotopic (exact) mass is 263 g/mol. The van der Waals surface area contributed by atoms with Crippen LogP contribution in [0.5, 0.6) is 0 Å². The van der Waals surface area contributed by atoms with Crippen molar-refractivity contribution in [2.75, 3.05) is 32.4 Å². The molecule has 1 aliphatic heterocycles. The normalized spacial score (nSPS) is 19.1. The van der Waals surface area contributed by atoms with E-state index in [9.17, 15) is 4.79 Å². The van der Waals surface area contributed by atoms with Crippen LogP contribution in [0, 0.1) is 5.41 Å². The molecule has 6 nitrogen and oxygen atoms in total. The van der Waals surface area contributed by atoms with Gasteiger partial charge in [0, 0.05) is 6.54 Å². The topological polar surface area (TPSA) is 84.1 Å². The fourth-order valence-corrected chi connectivity index (χ4v) is 2.18. The highest BCUT2D eigenvalue weighted by Gasteiger charge is 2.29. The Morgan fingerprint density at radius 2 is 2.11 bits per heavy atom. The van der Waals surface area contributed by atoms with Crippen molar-refractivity contribution in [2.45, 2.75) is 19.8 Å². The molecule has 1 aromatic rings. The maximum Gasteiger partial charge on any atom is 0.271 e.